The summed E-state index contributed by atoms with van der Waals surface area (Å²) >= 11 is 0. The Labute approximate surface area is 145 Å². The first kappa shape index (κ1) is 16.9. The highest BCUT2D eigenvalue weighted by molar-refractivity contribution is 5.82. The lowest BCUT2D eigenvalue weighted by molar-refractivity contribution is -0.385. The number of aliphatic hydroxyl groups excluding tert-OH is 1. The number of benzene rings is 2. The Morgan fingerprint density at radius 1 is 1.38 bits per heavy atom. The summed E-state index contributed by atoms with van der Waals surface area (Å²) in [7, 11) is 0. The lowest BCUT2D eigenvalue weighted by Crippen LogP contribution is -2.06. The highest BCUT2D eigenvalue weighted by Crippen LogP contribution is 2.28. The summed E-state index contributed by atoms with van der Waals surface area (Å²) in [6.45, 7) is -0.565. The maximum absolute atomic E-state index is 13.3. The molecule has 0 saturated carbocycles. The molecule has 0 fully saturated rings. The summed E-state index contributed by atoms with van der Waals surface area (Å²) in [5, 5.41) is 30.4. The van der Waals surface area contributed by atoms with E-state index in [4.69, 9.17) is 4.74 Å². The molecule has 0 spiro atoms. The average molecular weight is 354 g/mol. The molecule has 130 valence electrons. The van der Waals surface area contributed by atoms with Crippen LogP contribution in [0, 0.1) is 27.3 Å². The number of nitrogens with one attached hydrogen (secondary N) is 1. The molecule has 0 aliphatic carbocycles. The zero-order valence-electron chi connectivity index (χ0n) is 13.1. The second-order valence-corrected chi connectivity index (χ2v) is 5.19. The van der Waals surface area contributed by atoms with E-state index in [2.05, 4.69) is 9.97 Å². The van der Waals surface area contributed by atoms with Gasteiger partial charge >= 0.3 is 5.69 Å². The normalized spacial score (nSPS) is 11.7. The van der Waals surface area contributed by atoms with Gasteiger partial charge in [0.05, 0.1) is 16.0 Å². The van der Waals surface area contributed by atoms with Crippen LogP contribution in [-0.2, 0) is 0 Å². The number of nitrogens with zero attached hydrogens (tertiary/aromatic N) is 3. The van der Waals surface area contributed by atoms with Crippen molar-refractivity contribution in [1.29, 1.82) is 5.26 Å². The Bertz CT molecular complexity index is 1040. The van der Waals surface area contributed by atoms with Crippen molar-refractivity contribution in [3.63, 3.8) is 0 Å². The average Bonchev–Trinajstić information content (AvgIpc) is 3.04. The van der Waals surface area contributed by atoms with Gasteiger partial charge in [0.1, 0.15) is 24.1 Å². The molecule has 0 aliphatic heterocycles. The molecule has 26 heavy (non-hydrogen) atoms. The number of aromatic nitrogens is 2. The molecule has 0 radical (unpaired) electrons. The summed E-state index contributed by atoms with van der Waals surface area (Å²) < 4.78 is 18.4. The van der Waals surface area contributed by atoms with Crippen LogP contribution in [0.3, 0.4) is 0 Å². The molecule has 0 unspecified atom stereocenters. The molecule has 9 heteroatoms. The Balaban J connectivity index is 1.90. The minimum Gasteiger partial charge on any atom is -0.507 e. The number of nitriles is 1. The minimum atomic E-state index is -0.736. The molecule has 0 saturated heterocycles. The predicted molar refractivity (Wildman–Crippen MR) is 89.8 cm³/mol. The molecule has 0 atom stereocenters. The first-order valence-electron chi connectivity index (χ1n) is 7.33. The maximum atomic E-state index is 13.3. The number of nitro benzene ring substituents is 1. The third-order valence-corrected chi connectivity index (χ3v) is 3.51. The minimum absolute atomic E-state index is 0.128. The first-order chi connectivity index (χ1) is 12.5. The van der Waals surface area contributed by atoms with E-state index in [0.29, 0.717) is 11.0 Å². The molecule has 0 amide bonds. The van der Waals surface area contributed by atoms with E-state index in [1.807, 2.05) is 6.07 Å². The van der Waals surface area contributed by atoms with Crippen molar-refractivity contribution in [2.45, 2.75) is 0 Å². The molecule has 3 aromatic rings. The van der Waals surface area contributed by atoms with Crippen molar-refractivity contribution in [2.24, 2.45) is 0 Å². The van der Waals surface area contributed by atoms with E-state index in [0.717, 1.165) is 18.2 Å². The zero-order valence-corrected chi connectivity index (χ0v) is 13.1. The molecule has 2 aromatic carbocycles. The number of ether oxygens (including phenoxy) is 1. The molecular weight excluding hydrogens is 343 g/mol. The maximum Gasteiger partial charge on any atom is 0.311 e. The number of halogens is 1. The predicted octanol–water partition coefficient (Wildman–Crippen LogP) is 3.48. The summed E-state index contributed by atoms with van der Waals surface area (Å²) in [5.74, 6) is -1.45. The third-order valence-electron chi connectivity index (χ3n) is 3.51. The summed E-state index contributed by atoms with van der Waals surface area (Å²) in [6.07, 6.45) is 0. The van der Waals surface area contributed by atoms with Gasteiger partial charge in [0.2, 0.25) is 0 Å². The van der Waals surface area contributed by atoms with Crippen molar-refractivity contribution in [2.75, 3.05) is 6.61 Å². The van der Waals surface area contributed by atoms with Crippen LogP contribution in [-0.4, -0.2) is 26.6 Å². The fourth-order valence-electron chi connectivity index (χ4n) is 2.30. The van der Waals surface area contributed by atoms with Gasteiger partial charge in [-0.2, -0.15) is 5.26 Å². The van der Waals surface area contributed by atoms with Gasteiger partial charge in [0.15, 0.2) is 17.3 Å². The zero-order chi connectivity index (χ0) is 18.7. The van der Waals surface area contributed by atoms with E-state index in [-0.39, 0.29) is 17.1 Å². The Morgan fingerprint density at radius 2 is 2.15 bits per heavy atom. The van der Waals surface area contributed by atoms with Gasteiger partial charge in [-0.3, -0.25) is 10.1 Å². The molecule has 1 aromatic heterocycles. The number of rotatable bonds is 5. The van der Waals surface area contributed by atoms with Crippen LogP contribution in [0.4, 0.5) is 10.1 Å². The summed E-state index contributed by atoms with van der Waals surface area (Å²) in [5.41, 5.74) is 0.635. The number of aliphatic hydroxyl groups is 1. The Kier molecular flexibility index (Phi) is 4.49. The van der Waals surface area contributed by atoms with Crippen LogP contribution in [0.15, 0.2) is 48.2 Å². The van der Waals surface area contributed by atoms with Crippen LogP contribution in [0.5, 0.6) is 5.75 Å². The molecule has 8 nitrogen and oxygen atoms in total. The lowest BCUT2D eigenvalue weighted by atomic mass is 10.2. The largest absolute Gasteiger partial charge is 0.507 e. The number of hydrogen-bond acceptors (Lipinski definition) is 6. The first-order valence-corrected chi connectivity index (χ1v) is 7.33. The third kappa shape index (κ3) is 3.29. The lowest BCUT2D eigenvalue weighted by Gasteiger charge is -2.07. The van der Waals surface area contributed by atoms with E-state index in [1.54, 1.807) is 24.3 Å². The smallest absolute Gasteiger partial charge is 0.311 e. The van der Waals surface area contributed by atoms with E-state index in [9.17, 15) is 24.9 Å². The number of nitro groups is 1. The van der Waals surface area contributed by atoms with Crippen LogP contribution >= 0.6 is 0 Å². The summed E-state index contributed by atoms with van der Waals surface area (Å²) in [6, 6.07) is 11.6. The van der Waals surface area contributed by atoms with Gasteiger partial charge in [0, 0.05) is 12.1 Å². The fraction of sp³-hybridized carbons (Fsp3) is 0.0588. The molecule has 2 N–H and O–H groups in total. The molecule has 0 aliphatic rings. The van der Waals surface area contributed by atoms with Crippen molar-refractivity contribution >= 4 is 22.3 Å². The standard InChI is InChI=1S/C17H11FN4O4/c18-10-5-6-14(22(24)25)16(7-10)26-9-15(23)11(8-19)17-20-12-3-1-2-4-13(12)21-17/h1-7,23H,9H2,(H,20,21)/b15-11-. The van der Waals surface area contributed by atoms with Gasteiger partial charge in [-0.15, -0.1) is 0 Å². The quantitative estimate of drug-likeness (QED) is 0.313. The van der Waals surface area contributed by atoms with Crippen LogP contribution in [0.1, 0.15) is 5.82 Å². The molecule has 0 bridgehead atoms. The summed E-state index contributed by atoms with van der Waals surface area (Å²) in [4.78, 5) is 17.3. The van der Waals surface area contributed by atoms with Gasteiger partial charge in [-0.1, -0.05) is 12.1 Å². The van der Waals surface area contributed by atoms with E-state index in [1.165, 1.54) is 0 Å². The molecule has 3 rings (SSSR count). The van der Waals surface area contributed by atoms with Crippen LogP contribution in [0.25, 0.3) is 16.6 Å². The van der Waals surface area contributed by atoms with Gasteiger partial charge in [0.25, 0.3) is 0 Å². The van der Waals surface area contributed by atoms with Crippen LogP contribution < -0.4 is 4.74 Å². The number of aromatic amines is 1. The van der Waals surface area contributed by atoms with Gasteiger partial charge in [-0.05, 0) is 18.2 Å². The number of hydrogen-bond donors (Lipinski definition) is 2. The van der Waals surface area contributed by atoms with Crippen molar-refractivity contribution in [1.82, 2.24) is 9.97 Å². The number of para-hydroxylation sites is 2. The SMILES string of the molecule is N#C/C(=C(/O)COc1cc(F)ccc1[N+](=O)[O-])c1nc2ccccc2[nH]1. The highest BCUT2D eigenvalue weighted by Gasteiger charge is 2.18. The second-order valence-electron chi connectivity index (χ2n) is 5.19. The second kappa shape index (κ2) is 6.90. The number of fused-ring (bicyclic) bond motifs is 1. The van der Waals surface area contributed by atoms with Gasteiger partial charge in [-0.25, -0.2) is 9.37 Å². The van der Waals surface area contributed by atoms with Gasteiger partial charge < -0.3 is 14.8 Å². The van der Waals surface area contributed by atoms with E-state index >= 15 is 0 Å². The van der Waals surface area contributed by atoms with E-state index < -0.39 is 28.8 Å². The fourth-order valence-corrected chi connectivity index (χ4v) is 2.30. The Hall–Kier alpha value is -3.93. The number of imidazole rings is 1. The van der Waals surface area contributed by atoms with Crippen LogP contribution in [0.2, 0.25) is 0 Å². The number of allylic oxidation sites excluding steroid dienone is 1. The number of H-pyrrole nitrogens is 1. The topological polar surface area (TPSA) is 125 Å². The Morgan fingerprint density at radius 3 is 2.85 bits per heavy atom. The van der Waals surface area contributed by atoms with Crippen molar-refractivity contribution in [3.05, 3.63) is 70.0 Å². The molecule has 1 heterocycles. The highest BCUT2D eigenvalue weighted by atomic mass is 19.1. The molecular formula is C17H11FN4O4. The van der Waals surface area contributed by atoms with Crippen molar-refractivity contribution in [3.8, 4) is 11.8 Å². The van der Waals surface area contributed by atoms with Crippen molar-refractivity contribution < 1.29 is 19.2 Å². The monoisotopic (exact) mass is 354 g/mol.